The quantitative estimate of drug-likeness (QED) is 0.341. The minimum atomic E-state index is -5.86. The third kappa shape index (κ3) is 2.05. The van der Waals surface area contributed by atoms with Gasteiger partial charge in [0.1, 0.15) is 5.76 Å². The molecule has 0 aliphatic heterocycles. The van der Waals surface area contributed by atoms with E-state index >= 15 is 0 Å². The van der Waals surface area contributed by atoms with Crippen LogP contribution in [-0.4, -0.2) is 32.2 Å². The monoisotopic (exact) mass is 318 g/mol. The molecule has 0 bridgehead atoms. The van der Waals surface area contributed by atoms with E-state index in [0.717, 1.165) is 6.08 Å². The summed E-state index contributed by atoms with van der Waals surface area (Å²) in [7, 11) is -5.86. The van der Waals surface area contributed by atoms with E-state index < -0.39 is 44.9 Å². The van der Waals surface area contributed by atoms with E-state index in [9.17, 15) is 30.8 Å². The number of carbonyl (C=O) groups excluding carboxylic acids is 1. The Bertz CT molecular complexity index is 567. The molecule has 5 nitrogen and oxygen atoms in total. The van der Waals surface area contributed by atoms with Gasteiger partial charge in [-0.2, -0.15) is 21.6 Å². The summed E-state index contributed by atoms with van der Waals surface area (Å²) < 4.78 is 80.9. The van der Waals surface area contributed by atoms with E-state index in [1.807, 2.05) is 0 Å². The number of carbonyl (C=O) groups is 1. The molecule has 2 aliphatic rings. The molecular weight excluding hydrogens is 308 g/mol. The molecule has 10 heteroatoms. The van der Waals surface area contributed by atoms with Crippen LogP contribution < -0.4 is 0 Å². The summed E-state index contributed by atoms with van der Waals surface area (Å²) in [6.45, 7) is 1.35. The second kappa shape index (κ2) is 4.34. The number of hydrogen-bond acceptors (Lipinski definition) is 5. The second-order valence-electron chi connectivity index (χ2n) is 4.40. The lowest BCUT2D eigenvalue weighted by Gasteiger charge is -2.13. The number of alkyl halides is 4. The molecule has 0 aromatic rings. The Kier molecular flexibility index (Phi) is 3.27. The van der Waals surface area contributed by atoms with Gasteiger partial charge in [0, 0.05) is 5.92 Å². The summed E-state index contributed by atoms with van der Waals surface area (Å²) in [5.41, 5.74) is -8.11. The van der Waals surface area contributed by atoms with Crippen molar-refractivity contribution in [3.63, 3.8) is 0 Å². The molecule has 114 valence electrons. The maximum absolute atomic E-state index is 14.2. The average molecular weight is 318 g/mol. The summed E-state index contributed by atoms with van der Waals surface area (Å²) in [6, 6.07) is 0. The molecule has 0 aromatic carbocycles. The fraction of sp³-hybridized carbons (Fsp3) is 0.700. The lowest BCUT2D eigenvalue weighted by Crippen LogP contribution is -2.29. The molecule has 1 saturated carbocycles. The predicted molar refractivity (Wildman–Crippen MR) is 56.2 cm³/mol. The third-order valence-corrected chi connectivity index (χ3v) is 4.22. The third-order valence-electron chi connectivity index (χ3n) is 3.24. The first-order valence-corrected chi connectivity index (χ1v) is 7.03. The van der Waals surface area contributed by atoms with Gasteiger partial charge in [-0.3, -0.25) is 0 Å². The van der Waals surface area contributed by atoms with Crippen LogP contribution >= 0.6 is 0 Å². The van der Waals surface area contributed by atoms with Crippen molar-refractivity contribution < 1.29 is 39.7 Å². The normalized spacial score (nSPS) is 32.4. The summed E-state index contributed by atoms with van der Waals surface area (Å²) >= 11 is 0. The summed E-state index contributed by atoms with van der Waals surface area (Å²) in [6.07, 6.45) is 0.957. The summed E-state index contributed by atoms with van der Waals surface area (Å²) in [4.78, 5) is 11.4. The van der Waals surface area contributed by atoms with Crippen LogP contribution in [0.3, 0.4) is 0 Å². The second-order valence-corrected chi connectivity index (χ2v) is 5.94. The Hall–Kier alpha value is -1.32. The number of esters is 1. The standard InChI is InChI=1S/C10H10F4O5S/c1-2-18-8(15)9(11)5-3-4-6(7(5)9)19-20(16,17)10(12,13)14/h4-5,7H,2-3H2,1H3. The van der Waals surface area contributed by atoms with E-state index in [-0.39, 0.29) is 13.0 Å². The zero-order chi connectivity index (χ0) is 15.3. The first-order chi connectivity index (χ1) is 9.05. The van der Waals surface area contributed by atoms with Crippen LogP contribution in [0.25, 0.3) is 0 Å². The largest absolute Gasteiger partial charge is 0.534 e. The van der Waals surface area contributed by atoms with Crippen molar-refractivity contribution in [2.24, 2.45) is 11.8 Å². The SMILES string of the molecule is CCOC(=O)C1(F)C2CC=C(OS(=O)(=O)C(F)(F)F)C21. The Morgan fingerprint density at radius 2 is 2.10 bits per heavy atom. The lowest BCUT2D eigenvalue weighted by molar-refractivity contribution is -0.152. The highest BCUT2D eigenvalue weighted by Crippen LogP contribution is 2.64. The minimum Gasteiger partial charge on any atom is -0.464 e. The van der Waals surface area contributed by atoms with Crippen molar-refractivity contribution in [2.45, 2.75) is 24.5 Å². The lowest BCUT2D eigenvalue weighted by atomic mass is 10.2. The van der Waals surface area contributed by atoms with Gasteiger partial charge in [-0.25, -0.2) is 9.18 Å². The number of ether oxygens (including phenoxy) is 1. The van der Waals surface area contributed by atoms with Crippen LogP contribution in [0.15, 0.2) is 11.8 Å². The Morgan fingerprint density at radius 3 is 2.60 bits per heavy atom. The molecule has 0 spiro atoms. The average Bonchev–Trinajstić information content (AvgIpc) is 2.68. The number of allylic oxidation sites excluding steroid dienone is 2. The Balaban J connectivity index is 2.14. The molecule has 3 atom stereocenters. The zero-order valence-corrected chi connectivity index (χ0v) is 10.9. The van der Waals surface area contributed by atoms with E-state index in [4.69, 9.17) is 0 Å². The summed E-state index contributed by atoms with van der Waals surface area (Å²) in [5.74, 6) is -4.17. The Labute approximate surface area is 111 Å². The van der Waals surface area contributed by atoms with Crippen LogP contribution in [-0.2, 0) is 23.8 Å². The highest BCUT2D eigenvalue weighted by molar-refractivity contribution is 7.87. The first-order valence-electron chi connectivity index (χ1n) is 5.62. The van der Waals surface area contributed by atoms with E-state index in [0.29, 0.717) is 0 Å². The van der Waals surface area contributed by atoms with Crippen molar-refractivity contribution in [1.82, 2.24) is 0 Å². The van der Waals surface area contributed by atoms with Crippen molar-refractivity contribution >= 4 is 16.1 Å². The molecule has 3 unspecified atom stereocenters. The van der Waals surface area contributed by atoms with Gasteiger partial charge in [0.05, 0.1) is 12.5 Å². The fourth-order valence-corrected chi connectivity index (χ4v) is 2.81. The van der Waals surface area contributed by atoms with Crippen LogP contribution in [0, 0.1) is 11.8 Å². The smallest absolute Gasteiger partial charge is 0.464 e. The highest BCUT2D eigenvalue weighted by Gasteiger charge is 2.76. The molecule has 0 radical (unpaired) electrons. The van der Waals surface area contributed by atoms with E-state index in [1.165, 1.54) is 6.92 Å². The molecule has 0 heterocycles. The van der Waals surface area contributed by atoms with Gasteiger partial charge < -0.3 is 8.92 Å². The Morgan fingerprint density at radius 1 is 1.50 bits per heavy atom. The van der Waals surface area contributed by atoms with Gasteiger partial charge in [0.2, 0.25) is 5.67 Å². The molecule has 0 aromatic heterocycles. The van der Waals surface area contributed by atoms with Crippen molar-refractivity contribution in [2.75, 3.05) is 6.61 Å². The van der Waals surface area contributed by atoms with Crippen molar-refractivity contribution in [1.29, 1.82) is 0 Å². The van der Waals surface area contributed by atoms with Crippen LogP contribution in [0.1, 0.15) is 13.3 Å². The highest BCUT2D eigenvalue weighted by atomic mass is 32.2. The van der Waals surface area contributed by atoms with Crippen LogP contribution in [0.5, 0.6) is 0 Å². The number of fused-ring (bicyclic) bond motifs is 1. The molecule has 0 amide bonds. The molecular formula is C10H10F4O5S. The maximum atomic E-state index is 14.2. The molecule has 0 saturated heterocycles. The van der Waals surface area contributed by atoms with Gasteiger partial charge in [0.25, 0.3) is 0 Å². The minimum absolute atomic E-state index is 0.0807. The molecule has 0 N–H and O–H groups in total. The molecule has 1 fully saturated rings. The molecule has 2 aliphatic carbocycles. The van der Waals surface area contributed by atoms with E-state index in [2.05, 4.69) is 8.92 Å². The molecule has 20 heavy (non-hydrogen) atoms. The zero-order valence-electron chi connectivity index (χ0n) is 10.1. The molecule has 2 rings (SSSR count). The van der Waals surface area contributed by atoms with Crippen molar-refractivity contribution in [3.05, 3.63) is 11.8 Å². The van der Waals surface area contributed by atoms with E-state index in [1.54, 1.807) is 0 Å². The van der Waals surface area contributed by atoms with Gasteiger partial charge >= 0.3 is 21.6 Å². The van der Waals surface area contributed by atoms with Gasteiger partial charge in [0.15, 0.2) is 0 Å². The first kappa shape index (κ1) is 15.1. The topological polar surface area (TPSA) is 69.7 Å². The van der Waals surface area contributed by atoms with Gasteiger partial charge in [-0.1, -0.05) is 0 Å². The number of rotatable bonds is 4. The van der Waals surface area contributed by atoms with Crippen LogP contribution in [0.2, 0.25) is 0 Å². The van der Waals surface area contributed by atoms with Crippen LogP contribution in [0.4, 0.5) is 17.6 Å². The van der Waals surface area contributed by atoms with Gasteiger partial charge in [-0.15, -0.1) is 0 Å². The number of hydrogen-bond donors (Lipinski definition) is 0. The summed E-state index contributed by atoms with van der Waals surface area (Å²) in [5, 5.41) is 0. The van der Waals surface area contributed by atoms with Crippen molar-refractivity contribution in [3.8, 4) is 0 Å². The predicted octanol–water partition coefficient (Wildman–Crippen LogP) is 1.66. The number of halogens is 4. The maximum Gasteiger partial charge on any atom is 0.534 e. The fourth-order valence-electron chi connectivity index (χ4n) is 2.29. The van der Waals surface area contributed by atoms with Gasteiger partial charge in [-0.05, 0) is 19.4 Å².